The number of primary amides is 1. The van der Waals surface area contributed by atoms with Crippen LogP contribution in [-0.2, 0) is 25.6 Å². The van der Waals surface area contributed by atoms with Gasteiger partial charge in [0.1, 0.15) is 12.1 Å². The highest BCUT2D eigenvalue weighted by Gasteiger charge is 2.30. The number of hydrogen-bond donors (Lipinski definition) is 6. The molecule has 1 aromatic heterocycles. The van der Waals surface area contributed by atoms with E-state index in [1.807, 2.05) is 24.3 Å². The molecule has 10 nitrogen and oxygen atoms in total. The number of aliphatic carboxylic acids is 1. The summed E-state index contributed by atoms with van der Waals surface area (Å²) in [6.07, 6.45) is 3.18. The number of benzene rings is 1. The highest BCUT2D eigenvalue weighted by Crippen LogP contribution is 2.19. The number of nitrogens with two attached hydrogens (primary N) is 1. The molecule has 3 amide bonds. The number of aromatic nitrogens is 1. The molecule has 166 valence electrons. The molecule has 0 aliphatic carbocycles. The fourth-order valence-corrected chi connectivity index (χ4v) is 3.73. The van der Waals surface area contributed by atoms with Gasteiger partial charge in [0.15, 0.2) is 0 Å². The van der Waals surface area contributed by atoms with Gasteiger partial charge >= 0.3 is 5.97 Å². The lowest BCUT2D eigenvalue weighted by Crippen LogP contribution is -2.55. The molecule has 1 aliphatic rings. The Morgan fingerprint density at radius 3 is 2.61 bits per heavy atom. The molecule has 0 spiro atoms. The molecule has 7 N–H and O–H groups in total. The van der Waals surface area contributed by atoms with Crippen molar-refractivity contribution in [2.75, 3.05) is 6.54 Å². The first-order valence-corrected chi connectivity index (χ1v) is 10.3. The zero-order valence-corrected chi connectivity index (χ0v) is 17.0. The Balaban J connectivity index is 1.78. The van der Waals surface area contributed by atoms with Gasteiger partial charge in [-0.2, -0.15) is 0 Å². The Morgan fingerprint density at radius 2 is 1.94 bits per heavy atom. The molecule has 1 fully saturated rings. The maximum Gasteiger partial charge on any atom is 0.326 e. The summed E-state index contributed by atoms with van der Waals surface area (Å²) in [5.74, 6) is -2.87. The minimum absolute atomic E-state index is 0.131. The number of H-pyrrole nitrogens is 1. The van der Waals surface area contributed by atoms with E-state index >= 15 is 0 Å². The van der Waals surface area contributed by atoms with Crippen LogP contribution in [0.3, 0.4) is 0 Å². The quantitative estimate of drug-likeness (QED) is 0.305. The van der Waals surface area contributed by atoms with Crippen LogP contribution in [0.4, 0.5) is 0 Å². The average Bonchev–Trinajstić information content (AvgIpc) is 3.40. The van der Waals surface area contributed by atoms with Crippen LogP contribution in [-0.4, -0.2) is 58.5 Å². The van der Waals surface area contributed by atoms with Gasteiger partial charge in [-0.05, 0) is 37.4 Å². The van der Waals surface area contributed by atoms with Crippen LogP contribution in [0, 0.1) is 0 Å². The lowest BCUT2D eigenvalue weighted by Gasteiger charge is -2.23. The first-order valence-electron chi connectivity index (χ1n) is 10.3. The highest BCUT2D eigenvalue weighted by atomic mass is 16.4. The molecule has 1 aromatic carbocycles. The largest absolute Gasteiger partial charge is 0.480 e. The number of carboxylic acid groups (broad SMARTS) is 1. The van der Waals surface area contributed by atoms with Crippen molar-refractivity contribution < 1.29 is 24.3 Å². The third-order valence-electron chi connectivity index (χ3n) is 5.40. The van der Waals surface area contributed by atoms with Crippen molar-refractivity contribution in [1.82, 2.24) is 20.9 Å². The molecule has 0 saturated carbocycles. The van der Waals surface area contributed by atoms with Crippen LogP contribution in [0.15, 0.2) is 30.5 Å². The van der Waals surface area contributed by atoms with E-state index in [0.29, 0.717) is 6.42 Å². The standard InChI is InChI=1S/C21H27N5O5/c22-18(27)8-7-16(21(30)31)25-20(29)17(26-19(28)15-6-3-9-23-15)10-12-11-24-14-5-2-1-4-13(12)14/h1-2,4-5,11,15-17,23-24H,3,6-10H2,(H2,22,27)(H,25,29)(H,26,28)(H,30,31). The van der Waals surface area contributed by atoms with Crippen molar-refractivity contribution in [3.63, 3.8) is 0 Å². The van der Waals surface area contributed by atoms with Crippen LogP contribution in [0.2, 0.25) is 0 Å². The van der Waals surface area contributed by atoms with Gasteiger partial charge in [0.25, 0.3) is 0 Å². The molecule has 31 heavy (non-hydrogen) atoms. The van der Waals surface area contributed by atoms with E-state index in [9.17, 15) is 24.3 Å². The summed E-state index contributed by atoms with van der Waals surface area (Å²) in [6.45, 7) is 0.728. The number of fused-ring (bicyclic) bond motifs is 1. The van der Waals surface area contributed by atoms with Crippen LogP contribution < -0.4 is 21.7 Å². The highest BCUT2D eigenvalue weighted by molar-refractivity contribution is 5.93. The number of rotatable bonds is 10. The van der Waals surface area contributed by atoms with E-state index in [0.717, 1.165) is 29.4 Å². The number of aromatic amines is 1. The number of carbonyl (C=O) groups excluding carboxylic acids is 3. The molecular formula is C21H27N5O5. The van der Waals surface area contributed by atoms with E-state index in [1.165, 1.54) is 0 Å². The molecule has 2 aromatic rings. The lowest BCUT2D eigenvalue weighted by molar-refractivity contribution is -0.142. The molecule has 2 heterocycles. The fraction of sp³-hybridized carbons (Fsp3) is 0.429. The molecule has 3 rings (SSSR count). The molecule has 3 atom stereocenters. The third kappa shape index (κ3) is 5.82. The molecule has 0 radical (unpaired) electrons. The van der Waals surface area contributed by atoms with Crippen molar-refractivity contribution in [3.8, 4) is 0 Å². The number of carbonyl (C=O) groups is 4. The van der Waals surface area contributed by atoms with E-state index < -0.39 is 29.9 Å². The van der Waals surface area contributed by atoms with E-state index in [2.05, 4.69) is 20.9 Å². The third-order valence-corrected chi connectivity index (χ3v) is 5.40. The molecule has 1 saturated heterocycles. The zero-order valence-electron chi connectivity index (χ0n) is 17.0. The Bertz CT molecular complexity index is 966. The van der Waals surface area contributed by atoms with Crippen molar-refractivity contribution in [1.29, 1.82) is 0 Å². The number of hydrogen-bond acceptors (Lipinski definition) is 5. The summed E-state index contributed by atoms with van der Waals surface area (Å²) >= 11 is 0. The van der Waals surface area contributed by atoms with Gasteiger partial charge in [0.05, 0.1) is 6.04 Å². The Kier molecular flexibility index (Phi) is 7.24. The summed E-state index contributed by atoms with van der Waals surface area (Å²) in [7, 11) is 0. The van der Waals surface area contributed by atoms with Gasteiger partial charge < -0.3 is 31.8 Å². The second-order valence-corrected chi connectivity index (χ2v) is 7.68. The first-order chi connectivity index (χ1) is 14.8. The second-order valence-electron chi connectivity index (χ2n) is 7.68. The number of carboxylic acids is 1. The number of nitrogens with one attached hydrogen (secondary N) is 4. The van der Waals surface area contributed by atoms with E-state index in [1.54, 1.807) is 6.20 Å². The Hall–Kier alpha value is -3.40. The lowest BCUT2D eigenvalue weighted by atomic mass is 10.0. The molecule has 0 bridgehead atoms. The topological polar surface area (TPSA) is 166 Å². The monoisotopic (exact) mass is 429 g/mol. The van der Waals surface area contributed by atoms with Crippen molar-refractivity contribution in [3.05, 3.63) is 36.0 Å². The summed E-state index contributed by atoms with van der Waals surface area (Å²) < 4.78 is 0. The zero-order chi connectivity index (χ0) is 22.4. The summed E-state index contributed by atoms with van der Waals surface area (Å²) in [6, 6.07) is 4.92. The van der Waals surface area contributed by atoms with E-state index in [-0.39, 0.29) is 31.2 Å². The molecule has 1 aliphatic heterocycles. The van der Waals surface area contributed by atoms with Crippen molar-refractivity contribution >= 4 is 34.6 Å². The Labute approximate surface area is 178 Å². The predicted molar refractivity (Wildman–Crippen MR) is 113 cm³/mol. The van der Waals surface area contributed by atoms with Gasteiger partial charge in [-0.3, -0.25) is 14.4 Å². The van der Waals surface area contributed by atoms with Gasteiger partial charge in [-0.25, -0.2) is 4.79 Å². The summed E-state index contributed by atoms with van der Waals surface area (Å²) in [4.78, 5) is 51.3. The van der Waals surface area contributed by atoms with Gasteiger partial charge in [-0.1, -0.05) is 18.2 Å². The minimum atomic E-state index is -1.29. The summed E-state index contributed by atoms with van der Waals surface area (Å²) in [5.41, 5.74) is 6.81. The van der Waals surface area contributed by atoms with Gasteiger partial charge in [0.2, 0.25) is 17.7 Å². The van der Waals surface area contributed by atoms with Gasteiger partial charge in [-0.15, -0.1) is 0 Å². The van der Waals surface area contributed by atoms with Crippen molar-refractivity contribution in [2.45, 2.75) is 50.2 Å². The number of para-hydroxylation sites is 1. The maximum absolute atomic E-state index is 13.0. The average molecular weight is 429 g/mol. The van der Waals surface area contributed by atoms with Crippen LogP contribution >= 0.6 is 0 Å². The maximum atomic E-state index is 13.0. The van der Waals surface area contributed by atoms with E-state index in [4.69, 9.17) is 5.73 Å². The smallest absolute Gasteiger partial charge is 0.326 e. The summed E-state index contributed by atoms with van der Waals surface area (Å²) in [5, 5.41) is 18.6. The minimum Gasteiger partial charge on any atom is -0.480 e. The SMILES string of the molecule is NC(=O)CCC(NC(=O)C(Cc1c[nH]c2ccccc12)NC(=O)C1CCCN1)C(=O)O. The fourth-order valence-electron chi connectivity index (χ4n) is 3.73. The van der Waals surface area contributed by atoms with Crippen LogP contribution in [0.1, 0.15) is 31.2 Å². The second kappa shape index (κ2) is 10.1. The Morgan fingerprint density at radius 1 is 1.16 bits per heavy atom. The first kappa shape index (κ1) is 22.3. The number of amides is 3. The molecule has 10 heteroatoms. The normalized spacial score (nSPS) is 17.7. The molecular weight excluding hydrogens is 402 g/mol. The molecule has 3 unspecified atom stereocenters. The van der Waals surface area contributed by atoms with Crippen LogP contribution in [0.25, 0.3) is 10.9 Å². The van der Waals surface area contributed by atoms with Gasteiger partial charge in [0, 0.05) is 29.9 Å². The van der Waals surface area contributed by atoms with Crippen molar-refractivity contribution in [2.24, 2.45) is 5.73 Å². The predicted octanol–water partition coefficient (Wildman–Crippen LogP) is -0.218. The van der Waals surface area contributed by atoms with Crippen LogP contribution in [0.5, 0.6) is 0 Å².